The molecule has 0 saturated carbocycles. The van der Waals surface area contributed by atoms with Crippen LogP contribution in [0.5, 0.6) is 0 Å². The highest BCUT2D eigenvalue weighted by Crippen LogP contribution is 2.44. The fourth-order valence-electron chi connectivity index (χ4n) is 4.45. The van der Waals surface area contributed by atoms with E-state index in [0.717, 1.165) is 21.8 Å². The van der Waals surface area contributed by atoms with Crippen molar-refractivity contribution in [1.82, 2.24) is 15.3 Å². The van der Waals surface area contributed by atoms with Crippen molar-refractivity contribution in [3.05, 3.63) is 76.9 Å². The second-order valence-corrected chi connectivity index (χ2v) is 9.35. The van der Waals surface area contributed by atoms with Crippen molar-refractivity contribution in [2.75, 3.05) is 18.0 Å². The summed E-state index contributed by atoms with van der Waals surface area (Å²) < 4.78 is 0. The van der Waals surface area contributed by atoms with Gasteiger partial charge in [-0.05, 0) is 54.1 Å². The molecule has 4 heterocycles. The molecule has 1 fully saturated rings. The minimum absolute atomic E-state index is 0.00206. The van der Waals surface area contributed by atoms with Crippen LogP contribution >= 0.6 is 11.3 Å². The highest BCUT2D eigenvalue weighted by atomic mass is 32.1. The number of anilines is 1. The highest BCUT2D eigenvalue weighted by Gasteiger charge is 2.53. The van der Waals surface area contributed by atoms with E-state index in [-0.39, 0.29) is 11.6 Å². The van der Waals surface area contributed by atoms with Gasteiger partial charge in [0.15, 0.2) is 5.78 Å². The summed E-state index contributed by atoms with van der Waals surface area (Å²) in [5.74, 6) is 0.623. The fourth-order valence-corrected chi connectivity index (χ4v) is 5.57. The van der Waals surface area contributed by atoms with Gasteiger partial charge in [0.05, 0.1) is 17.3 Å². The van der Waals surface area contributed by atoms with Crippen molar-refractivity contribution < 1.29 is 4.79 Å². The minimum atomic E-state index is -0.818. The first-order valence-electron chi connectivity index (χ1n) is 11.0. The summed E-state index contributed by atoms with van der Waals surface area (Å²) >= 11 is 1.53. The van der Waals surface area contributed by atoms with Crippen LogP contribution in [-0.4, -0.2) is 34.7 Å². The van der Waals surface area contributed by atoms with Gasteiger partial charge < -0.3 is 10.2 Å². The molecule has 2 N–H and O–H groups in total. The monoisotopic (exact) mass is 470 g/mol. The Labute approximate surface area is 203 Å². The second-order valence-electron chi connectivity index (χ2n) is 8.44. The smallest absolute Gasteiger partial charge is 0.165 e. The molecule has 0 radical (unpaired) electrons. The van der Waals surface area contributed by atoms with Gasteiger partial charge in [0.25, 0.3) is 0 Å². The summed E-state index contributed by atoms with van der Waals surface area (Å²) in [5.41, 5.74) is 2.00. The molecule has 3 aromatic rings. The van der Waals surface area contributed by atoms with E-state index in [1.54, 1.807) is 25.4 Å². The van der Waals surface area contributed by atoms with E-state index < -0.39 is 11.5 Å². The molecule has 172 valence electrons. The van der Waals surface area contributed by atoms with Crippen molar-refractivity contribution in [3.8, 4) is 17.2 Å². The zero-order valence-corrected chi connectivity index (χ0v) is 20.0. The van der Waals surface area contributed by atoms with Crippen molar-refractivity contribution >= 4 is 28.8 Å². The third-order valence-corrected chi connectivity index (χ3v) is 7.26. The molecular formula is C26H26N6OS. The fraction of sp³-hybridized carbons (Fsp3) is 0.269. The van der Waals surface area contributed by atoms with Crippen LogP contribution < -0.4 is 10.2 Å². The third-order valence-electron chi connectivity index (χ3n) is 6.15. The number of carbonyl (C=O) groups excluding carboxylic acids is 1. The van der Waals surface area contributed by atoms with E-state index in [9.17, 15) is 10.1 Å². The summed E-state index contributed by atoms with van der Waals surface area (Å²) in [5, 5.41) is 22.9. The lowest BCUT2D eigenvalue weighted by molar-refractivity contribution is -0.120. The molecule has 8 heteroatoms. The van der Waals surface area contributed by atoms with Crippen LogP contribution in [0.4, 0.5) is 5.82 Å². The molecule has 1 aliphatic heterocycles. The van der Waals surface area contributed by atoms with Crippen LogP contribution in [0.15, 0.2) is 66.5 Å². The Morgan fingerprint density at radius 1 is 1.38 bits per heavy atom. The van der Waals surface area contributed by atoms with Gasteiger partial charge in [-0.2, -0.15) is 5.26 Å². The maximum absolute atomic E-state index is 13.6. The van der Waals surface area contributed by atoms with E-state index in [0.29, 0.717) is 30.6 Å². The number of allylic oxidation sites excluding steroid dienone is 1. The van der Waals surface area contributed by atoms with Crippen LogP contribution in [0.1, 0.15) is 30.7 Å². The molecule has 0 aliphatic carbocycles. The van der Waals surface area contributed by atoms with E-state index in [1.807, 2.05) is 36.6 Å². The Morgan fingerprint density at radius 3 is 2.88 bits per heavy atom. The predicted octanol–water partition coefficient (Wildman–Crippen LogP) is 4.53. The van der Waals surface area contributed by atoms with E-state index in [4.69, 9.17) is 5.41 Å². The number of amidine groups is 1. The molecule has 4 rings (SSSR count). The van der Waals surface area contributed by atoms with Gasteiger partial charge in [0, 0.05) is 42.1 Å². The lowest BCUT2D eigenvalue weighted by Crippen LogP contribution is -2.52. The Bertz CT molecular complexity index is 1280. The number of rotatable bonds is 7. The van der Waals surface area contributed by atoms with Crippen molar-refractivity contribution in [2.45, 2.75) is 25.8 Å². The second kappa shape index (κ2) is 9.57. The number of hydrogen-bond acceptors (Lipinski definition) is 7. The minimum Gasteiger partial charge on any atom is -0.361 e. The lowest BCUT2D eigenvalue weighted by atomic mass is 9.79. The van der Waals surface area contributed by atoms with Gasteiger partial charge in [-0.1, -0.05) is 19.6 Å². The van der Waals surface area contributed by atoms with Crippen LogP contribution in [0.3, 0.4) is 0 Å². The van der Waals surface area contributed by atoms with Crippen LogP contribution in [-0.2, 0) is 10.3 Å². The number of pyridine rings is 2. The molecule has 0 aromatic carbocycles. The molecule has 1 unspecified atom stereocenters. The number of aromatic nitrogens is 2. The average molecular weight is 471 g/mol. The molecule has 34 heavy (non-hydrogen) atoms. The Balaban J connectivity index is 1.83. The van der Waals surface area contributed by atoms with Gasteiger partial charge in [-0.15, -0.1) is 11.3 Å². The average Bonchev–Trinajstić information content (AvgIpc) is 3.50. The Hall–Kier alpha value is -3.83. The molecule has 1 saturated heterocycles. The lowest BCUT2D eigenvalue weighted by Gasteiger charge is -2.35. The largest absolute Gasteiger partial charge is 0.361 e. The number of Topliss-reactive ketones (excluding diaryl/α,β-unsaturated/α-hetero) is 1. The summed E-state index contributed by atoms with van der Waals surface area (Å²) in [6.07, 6.45) is 5.57. The molecule has 0 amide bonds. The third kappa shape index (κ3) is 4.35. The molecule has 0 bridgehead atoms. The maximum atomic E-state index is 13.6. The maximum Gasteiger partial charge on any atom is 0.165 e. The number of carbonyl (C=O) groups is 1. The van der Waals surface area contributed by atoms with Crippen LogP contribution in [0, 0.1) is 22.7 Å². The van der Waals surface area contributed by atoms with Gasteiger partial charge in [0.1, 0.15) is 17.4 Å². The molecule has 7 nitrogen and oxygen atoms in total. The van der Waals surface area contributed by atoms with Gasteiger partial charge >= 0.3 is 0 Å². The topological polar surface area (TPSA) is 106 Å². The van der Waals surface area contributed by atoms with E-state index in [2.05, 4.69) is 32.8 Å². The number of thiophene rings is 1. The Morgan fingerprint density at radius 2 is 2.21 bits per heavy atom. The first-order chi connectivity index (χ1) is 16.4. The summed E-state index contributed by atoms with van der Waals surface area (Å²) in [6, 6.07) is 11.7. The highest BCUT2D eigenvalue weighted by molar-refractivity contribution is 7.10. The molecule has 0 spiro atoms. The summed E-state index contributed by atoms with van der Waals surface area (Å²) in [6.45, 7) is 8.59. The summed E-state index contributed by atoms with van der Waals surface area (Å²) in [7, 11) is 0. The van der Waals surface area contributed by atoms with Crippen LogP contribution in [0.25, 0.3) is 11.1 Å². The van der Waals surface area contributed by atoms with Crippen molar-refractivity contribution in [1.29, 1.82) is 10.7 Å². The molecular weight excluding hydrogens is 444 g/mol. The number of ketones is 1. The molecule has 3 aromatic heterocycles. The van der Waals surface area contributed by atoms with Gasteiger partial charge in [0.2, 0.25) is 0 Å². The Kier molecular flexibility index (Phi) is 6.57. The number of hydrogen-bond donors (Lipinski definition) is 2. The van der Waals surface area contributed by atoms with Crippen molar-refractivity contribution in [2.24, 2.45) is 5.92 Å². The zero-order chi connectivity index (χ0) is 24.3. The number of nitrogens with zero attached hydrogens (tertiary/aromatic N) is 4. The van der Waals surface area contributed by atoms with Crippen molar-refractivity contribution in [3.63, 3.8) is 0 Å². The van der Waals surface area contributed by atoms with Crippen LogP contribution in [0.2, 0.25) is 0 Å². The predicted molar refractivity (Wildman–Crippen MR) is 135 cm³/mol. The van der Waals surface area contributed by atoms with Gasteiger partial charge in [-0.3, -0.25) is 15.2 Å². The normalized spacial score (nSPS) is 19.4. The molecule has 1 aliphatic rings. The van der Waals surface area contributed by atoms with E-state index in [1.165, 1.54) is 17.5 Å². The molecule has 2 atom stereocenters. The summed E-state index contributed by atoms with van der Waals surface area (Å²) in [4.78, 5) is 25.3. The van der Waals surface area contributed by atoms with E-state index >= 15 is 0 Å². The number of nitriles is 1. The zero-order valence-electron chi connectivity index (χ0n) is 19.2. The number of nitrogens with one attached hydrogen (secondary N) is 2. The first-order valence-corrected chi connectivity index (χ1v) is 11.9. The van der Waals surface area contributed by atoms with Gasteiger partial charge in [-0.25, -0.2) is 4.98 Å². The first kappa shape index (κ1) is 23.3. The standard InChI is InChI=1S/C26H26N6OS/c1-4-17(2)25(33)22-14-32(24-7-5-6-8-30-24)16-26(22,31-18(3)28)23-10-21(15-34-23)20-9-19(11-27)12-29-13-20/h5-10,12-13,15,22H,2,4,14,16H2,1,3H3,(H2,28,31)/t22?,26-/m0/s1. The SMILES string of the molecule is C=C(CC)C(=O)C1CN(c2ccccn2)C[C@@]1(NC(C)=N)c1cc(-c2cncc(C#N)c2)cs1. The quantitative estimate of drug-likeness (QED) is 0.299.